The average molecular weight is 335 g/mol. The second-order valence-corrected chi connectivity index (χ2v) is 6.41. The second kappa shape index (κ2) is 7.40. The molecular weight excluding hydrogens is 310 g/mol. The van der Waals surface area contributed by atoms with Crippen molar-refractivity contribution in [3.8, 4) is 11.5 Å². The van der Waals surface area contributed by atoms with Gasteiger partial charge in [0.2, 0.25) is 0 Å². The summed E-state index contributed by atoms with van der Waals surface area (Å²) >= 11 is 0. The van der Waals surface area contributed by atoms with E-state index in [0.717, 1.165) is 25.8 Å². The monoisotopic (exact) mass is 335 g/mol. The number of amides is 1. The topological polar surface area (TPSA) is 57.2 Å². The largest absolute Gasteiger partial charge is 0.493 e. The first kappa shape index (κ1) is 17.0. The van der Waals surface area contributed by atoms with Crippen molar-refractivity contribution in [3.05, 3.63) is 24.3 Å². The van der Waals surface area contributed by atoms with Gasteiger partial charge in [-0.1, -0.05) is 12.1 Å². The molecular formula is C18H25NO5. The number of carbonyl (C=O) groups is 1. The molecule has 2 saturated heterocycles. The zero-order valence-electron chi connectivity index (χ0n) is 14.3. The molecule has 132 valence electrons. The standard InChI is InChI=1S/C18H25NO5/c1-21-14-10-18(24-11-14)8-5-9-19(13-18)17(20)12-23-16-7-4-3-6-15(16)22-2/h3-4,6-7,14H,5,8-13H2,1-2H3/t14-,18+/m1/s1. The third-order valence-corrected chi connectivity index (χ3v) is 4.82. The number of nitrogens with zero attached hydrogens (tertiary/aromatic N) is 1. The molecule has 6 nitrogen and oxygen atoms in total. The van der Waals surface area contributed by atoms with Crippen LogP contribution in [0.4, 0.5) is 0 Å². The van der Waals surface area contributed by atoms with Gasteiger partial charge in [-0.05, 0) is 25.0 Å². The molecule has 0 radical (unpaired) electrons. The lowest BCUT2D eigenvalue weighted by atomic mass is 9.89. The Kier molecular flexibility index (Phi) is 5.26. The first-order valence-corrected chi connectivity index (χ1v) is 8.36. The lowest BCUT2D eigenvalue weighted by molar-refractivity contribution is -0.141. The fraction of sp³-hybridized carbons (Fsp3) is 0.611. The van der Waals surface area contributed by atoms with Gasteiger partial charge in [-0.15, -0.1) is 0 Å². The fourth-order valence-electron chi connectivity index (χ4n) is 3.52. The lowest BCUT2D eigenvalue weighted by Gasteiger charge is -2.39. The van der Waals surface area contributed by atoms with Crippen molar-refractivity contribution in [1.29, 1.82) is 0 Å². The molecule has 0 aliphatic carbocycles. The summed E-state index contributed by atoms with van der Waals surface area (Å²) in [5, 5.41) is 0. The van der Waals surface area contributed by atoms with E-state index < -0.39 is 0 Å². The van der Waals surface area contributed by atoms with Gasteiger partial charge >= 0.3 is 0 Å². The molecule has 24 heavy (non-hydrogen) atoms. The summed E-state index contributed by atoms with van der Waals surface area (Å²) in [5.74, 6) is 1.18. The third kappa shape index (κ3) is 3.65. The number of hydrogen-bond acceptors (Lipinski definition) is 5. The smallest absolute Gasteiger partial charge is 0.260 e. The molecule has 1 aromatic carbocycles. The summed E-state index contributed by atoms with van der Waals surface area (Å²) in [5.41, 5.74) is -0.251. The van der Waals surface area contributed by atoms with Gasteiger partial charge in [0.05, 0.1) is 25.4 Å². The van der Waals surface area contributed by atoms with Crippen LogP contribution in [0.2, 0.25) is 0 Å². The van der Waals surface area contributed by atoms with Crippen LogP contribution in [0.5, 0.6) is 11.5 Å². The number of hydrogen-bond donors (Lipinski definition) is 0. The van der Waals surface area contributed by atoms with Crippen LogP contribution in [0.15, 0.2) is 24.3 Å². The average Bonchev–Trinajstić information content (AvgIpc) is 3.02. The minimum atomic E-state index is -0.251. The molecule has 0 aromatic heterocycles. The van der Waals surface area contributed by atoms with Crippen LogP contribution >= 0.6 is 0 Å². The van der Waals surface area contributed by atoms with E-state index in [1.54, 1.807) is 20.3 Å². The maximum Gasteiger partial charge on any atom is 0.260 e. The summed E-state index contributed by atoms with van der Waals surface area (Å²) in [6.07, 6.45) is 2.89. The van der Waals surface area contributed by atoms with E-state index in [1.807, 2.05) is 23.1 Å². The number of benzene rings is 1. The van der Waals surface area contributed by atoms with Gasteiger partial charge in [0.25, 0.3) is 5.91 Å². The van der Waals surface area contributed by atoms with Gasteiger partial charge in [-0.2, -0.15) is 0 Å². The number of piperidine rings is 1. The molecule has 2 fully saturated rings. The molecule has 0 unspecified atom stereocenters. The molecule has 1 spiro atoms. The highest BCUT2D eigenvalue weighted by Crippen LogP contribution is 2.35. The molecule has 1 amide bonds. The molecule has 2 aliphatic rings. The minimum absolute atomic E-state index is 0.00413. The van der Waals surface area contributed by atoms with Crippen molar-refractivity contribution < 1.29 is 23.7 Å². The van der Waals surface area contributed by atoms with E-state index >= 15 is 0 Å². The van der Waals surface area contributed by atoms with Crippen LogP contribution in [0.1, 0.15) is 19.3 Å². The van der Waals surface area contributed by atoms with E-state index in [1.165, 1.54) is 0 Å². The Hall–Kier alpha value is -1.79. The van der Waals surface area contributed by atoms with Gasteiger partial charge < -0.3 is 23.8 Å². The zero-order chi connectivity index (χ0) is 17.0. The predicted molar refractivity (Wildman–Crippen MR) is 88.4 cm³/mol. The lowest BCUT2D eigenvalue weighted by Crippen LogP contribution is -2.51. The zero-order valence-corrected chi connectivity index (χ0v) is 14.3. The number of para-hydroxylation sites is 2. The van der Waals surface area contributed by atoms with Crippen LogP contribution in [0, 0.1) is 0 Å². The van der Waals surface area contributed by atoms with Crippen molar-refractivity contribution in [1.82, 2.24) is 4.90 Å². The molecule has 2 heterocycles. The molecule has 0 N–H and O–H groups in total. The van der Waals surface area contributed by atoms with Crippen molar-refractivity contribution in [2.45, 2.75) is 31.0 Å². The Bertz CT molecular complexity index is 578. The van der Waals surface area contributed by atoms with Crippen LogP contribution in [-0.2, 0) is 14.3 Å². The van der Waals surface area contributed by atoms with Crippen molar-refractivity contribution in [2.75, 3.05) is 40.5 Å². The van der Waals surface area contributed by atoms with Crippen LogP contribution in [0.25, 0.3) is 0 Å². The van der Waals surface area contributed by atoms with Crippen LogP contribution in [-0.4, -0.2) is 63.0 Å². The van der Waals surface area contributed by atoms with E-state index in [0.29, 0.717) is 24.7 Å². The Morgan fingerprint density at radius 3 is 2.83 bits per heavy atom. The van der Waals surface area contributed by atoms with Crippen molar-refractivity contribution in [3.63, 3.8) is 0 Å². The molecule has 1 aromatic rings. The Balaban J connectivity index is 1.57. The van der Waals surface area contributed by atoms with E-state index in [9.17, 15) is 4.79 Å². The summed E-state index contributed by atoms with van der Waals surface area (Å²) in [6, 6.07) is 7.33. The number of ether oxygens (including phenoxy) is 4. The molecule has 3 rings (SSSR count). The summed E-state index contributed by atoms with van der Waals surface area (Å²) in [6.45, 7) is 1.97. The third-order valence-electron chi connectivity index (χ3n) is 4.82. The molecule has 2 atom stereocenters. The highest BCUT2D eigenvalue weighted by Gasteiger charge is 2.44. The predicted octanol–water partition coefficient (Wildman–Crippen LogP) is 1.87. The molecule has 0 saturated carbocycles. The Labute approximate surface area is 142 Å². The Morgan fingerprint density at radius 1 is 1.33 bits per heavy atom. The molecule has 2 aliphatic heterocycles. The van der Waals surface area contributed by atoms with E-state index in [-0.39, 0.29) is 24.2 Å². The van der Waals surface area contributed by atoms with Crippen LogP contribution < -0.4 is 9.47 Å². The quantitative estimate of drug-likeness (QED) is 0.822. The first-order chi connectivity index (χ1) is 11.7. The normalized spacial score (nSPS) is 26.6. The number of methoxy groups -OCH3 is 2. The maximum absolute atomic E-state index is 12.5. The highest BCUT2D eigenvalue weighted by atomic mass is 16.6. The summed E-state index contributed by atoms with van der Waals surface area (Å²) < 4.78 is 22.3. The van der Waals surface area contributed by atoms with Crippen molar-refractivity contribution in [2.24, 2.45) is 0 Å². The van der Waals surface area contributed by atoms with Crippen molar-refractivity contribution >= 4 is 5.91 Å². The van der Waals surface area contributed by atoms with Gasteiger partial charge in [0.1, 0.15) is 0 Å². The number of likely N-dealkylation sites (tertiary alicyclic amines) is 1. The number of carbonyl (C=O) groups excluding carboxylic acids is 1. The minimum Gasteiger partial charge on any atom is -0.493 e. The summed E-state index contributed by atoms with van der Waals surface area (Å²) in [4.78, 5) is 14.4. The first-order valence-electron chi connectivity index (χ1n) is 8.36. The molecule has 0 bridgehead atoms. The van der Waals surface area contributed by atoms with Gasteiger partial charge in [0, 0.05) is 26.6 Å². The maximum atomic E-state index is 12.5. The summed E-state index contributed by atoms with van der Waals surface area (Å²) in [7, 11) is 3.29. The van der Waals surface area contributed by atoms with Gasteiger partial charge in [-0.3, -0.25) is 4.79 Å². The Morgan fingerprint density at radius 2 is 2.12 bits per heavy atom. The van der Waals surface area contributed by atoms with Gasteiger partial charge in [-0.25, -0.2) is 0 Å². The highest BCUT2D eigenvalue weighted by molar-refractivity contribution is 5.78. The number of rotatable bonds is 5. The second-order valence-electron chi connectivity index (χ2n) is 6.41. The SMILES string of the molecule is COc1ccccc1OCC(=O)N1CCC[C@]2(C[C@@H](OC)CO2)C1. The van der Waals surface area contributed by atoms with Gasteiger partial charge in [0.15, 0.2) is 18.1 Å². The van der Waals surface area contributed by atoms with E-state index in [4.69, 9.17) is 18.9 Å². The molecule has 6 heteroatoms. The van der Waals surface area contributed by atoms with E-state index in [2.05, 4.69) is 0 Å². The van der Waals surface area contributed by atoms with Crippen LogP contribution in [0.3, 0.4) is 0 Å². The fourth-order valence-corrected chi connectivity index (χ4v) is 3.52.